The summed E-state index contributed by atoms with van der Waals surface area (Å²) in [7, 11) is 0. The van der Waals surface area contributed by atoms with Gasteiger partial charge in [0.1, 0.15) is 12.2 Å². The second-order valence-corrected chi connectivity index (χ2v) is 7.27. The minimum atomic E-state index is -2.67. The van der Waals surface area contributed by atoms with E-state index in [1.54, 1.807) is 16.9 Å². The van der Waals surface area contributed by atoms with E-state index in [0.29, 0.717) is 22.9 Å². The molecule has 146 valence electrons. The molecular formula is C19H18ClF2N5O. The van der Waals surface area contributed by atoms with Crippen molar-refractivity contribution < 1.29 is 13.6 Å². The van der Waals surface area contributed by atoms with Crippen LogP contribution in [0.3, 0.4) is 0 Å². The van der Waals surface area contributed by atoms with Crippen LogP contribution in [0.25, 0.3) is 0 Å². The first-order chi connectivity index (χ1) is 13.5. The number of alkyl halides is 2. The standard InChI is InChI=1S/C19H18ClF2N5O/c20-14-3-1-2-12(6-14)9-26-10-15(8-23-26)24-18(28)11-27-17(19(21)22)7-16(25-27)13-4-5-13/h1-3,6-8,10,13,19H,4-5,9,11H2,(H,24,28). The summed E-state index contributed by atoms with van der Waals surface area (Å²) in [6, 6.07) is 8.80. The fourth-order valence-electron chi connectivity index (χ4n) is 3.01. The third kappa shape index (κ3) is 4.39. The molecule has 9 heteroatoms. The van der Waals surface area contributed by atoms with Crippen LogP contribution < -0.4 is 5.32 Å². The zero-order valence-electron chi connectivity index (χ0n) is 14.9. The molecule has 0 saturated heterocycles. The first-order valence-corrected chi connectivity index (χ1v) is 9.28. The predicted octanol–water partition coefficient (Wildman–Crippen LogP) is 4.24. The number of amides is 1. The molecule has 1 saturated carbocycles. The van der Waals surface area contributed by atoms with Crippen LogP contribution in [0.4, 0.5) is 14.5 Å². The van der Waals surface area contributed by atoms with Crippen LogP contribution in [0.15, 0.2) is 42.7 Å². The van der Waals surface area contributed by atoms with Crippen LogP contribution in [-0.4, -0.2) is 25.5 Å². The third-order valence-corrected chi connectivity index (χ3v) is 4.73. The number of halogens is 3. The summed E-state index contributed by atoms with van der Waals surface area (Å²) in [6.07, 6.45) is 2.42. The molecule has 1 aliphatic rings. The average molecular weight is 406 g/mol. The molecule has 2 aromatic heterocycles. The fraction of sp³-hybridized carbons (Fsp3) is 0.316. The van der Waals surface area contributed by atoms with Gasteiger partial charge >= 0.3 is 0 Å². The lowest BCUT2D eigenvalue weighted by atomic mass is 10.2. The maximum atomic E-state index is 13.2. The topological polar surface area (TPSA) is 64.7 Å². The number of nitrogens with zero attached hydrogens (tertiary/aromatic N) is 4. The van der Waals surface area contributed by atoms with E-state index in [2.05, 4.69) is 15.5 Å². The van der Waals surface area contributed by atoms with E-state index in [1.807, 2.05) is 18.2 Å². The van der Waals surface area contributed by atoms with Gasteiger partial charge in [-0.1, -0.05) is 23.7 Å². The number of hydrogen-bond donors (Lipinski definition) is 1. The molecular weight excluding hydrogens is 388 g/mol. The number of carbonyl (C=O) groups excluding carboxylic acids is 1. The predicted molar refractivity (Wildman–Crippen MR) is 101 cm³/mol. The minimum absolute atomic E-state index is 0.228. The summed E-state index contributed by atoms with van der Waals surface area (Å²) in [5, 5.41) is 11.7. The summed E-state index contributed by atoms with van der Waals surface area (Å²) in [6.45, 7) is 0.224. The van der Waals surface area contributed by atoms with E-state index in [9.17, 15) is 13.6 Å². The molecule has 1 N–H and O–H groups in total. The molecule has 0 unspecified atom stereocenters. The summed E-state index contributed by atoms with van der Waals surface area (Å²) in [4.78, 5) is 12.3. The number of carbonyl (C=O) groups is 1. The van der Waals surface area contributed by atoms with Crippen molar-refractivity contribution in [1.82, 2.24) is 19.6 Å². The molecule has 6 nitrogen and oxygen atoms in total. The normalized spacial score (nSPS) is 13.9. The molecule has 1 fully saturated rings. The molecule has 3 aromatic rings. The van der Waals surface area contributed by atoms with Crippen LogP contribution in [0.5, 0.6) is 0 Å². The first kappa shape index (κ1) is 18.6. The van der Waals surface area contributed by atoms with Crippen molar-refractivity contribution in [1.29, 1.82) is 0 Å². The Kier molecular flexibility index (Phi) is 5.13. The minimum Gasteiger partial charge on any atom is -0.322 e. The Balaban J connectivity index is 1.40. The Morgan fingerprint density at radius 1 is 1.32 bits per heavy atom. The van der Waals surface area contributed by atoms with Gasteiger partial charge in [0.2, 0.25) is 5.91 Å². The van der Waals surface area contributed by atoms with Gasteiger partial charge in [0.15, 0.2) is 0 Å². The summed E-state index contributed by atoms with van der Waals surface area (Å²) >= 11 is 5.97. The maximum absolute atomic E-state index is 13.2. The maximum Gasteiger partial charge on any atom is 0.280 e. The van der Waals surface area contributed by atoms with E-state index < -0.39 is 12.3 Å². The Morgan fingerprint density at radius 3 is 2.86 bits per heavy atom. The van der Waals surface area contributed by atoms with Crippen LogP contribution in [0.1, 0.15) is 42.1 Å². The molecule has 0 bridgehead atoms. The van der Waals surface area contributed by atoms with Gasteiger partial charge in [-0.3, -0.25) is 14.2 Å². The van der Waals surface area contributed by atoms with Gasteiger partial charge in [-0.05, 0) is 36.6 Å². The van der Waals surface area contributed by atoms with E-state index in [-0.39, 0.29) is 18.2 Å². The Bertz CT molecular complexity index is 996. The second kappa shape index (κ2) is 7.71. The monoisotopic (exact) mass is 405 g/mol. The molecule has 2 heterocycles. The largest absolute Gasteiger partial charge is 0.322 e. The molecule has 0 atom stereocenters. The van der Waals surface area contributed by atoms with Crippen molar-refractivity contribution >= 4 is 23.2 Å². The zero-order chi connectivity index (χ0) is 19.7. The van der Waals surface area contributed by atoms with Crippen LogP contribution in [-0.2, 0) is 17.9 Å². The number of rotatable bonds is 7. The molecule has 0 spiro atoms. The molecule has 1 aliphatic carbocycles. The van der Waals surface area contributed by atoms with Crippen LogP contribution in [0, 0.1) is 0 Å². The van der Waals surface area contributed by atoms with E-state index >= 15 is 0 Å². The van der Waals surface area contributed by atoms with Gasteiger partial charge < -0.3 is 5.32 Å². The lowest BCUT2D eigenvalue weighted by Gasteiger charge is -2.06. The first-order valence-electron chi connectivity index (χ1n) is 8.90. The summed E-state index contributed by atoms with van der Waals surface area (Å²) < 4.78 is 29.2. The van der Waals surface area contributed by atoms with E-state index in [4.69, 9.17) is 11.6 Å². The van der Waals surface area contributed by atoms with Gasteiger partial charge in [0.05, 0.1) is 24.1 Å². The second-order valence-electron chi connectivity index (χ2n) is 6.83. The molecule has 1 aromatic carbocycles. The van der Waals surface area contributed by atoms with Crippen molar-refractivity contribution in [2.45, 2.75) is 38.3 Å². The highest BCUT2D eigenvalue weighted by Crippen LogP contribution is 2.40. The van der Waals surface area contributed by atoms with Gasteiger partial charge in [0.25, 0.3) is 6.43 Å². The van der Waals surface area contributed by atoms with Crippen molar-refractivity contribution in [2.75, 3.05) is 5.32 Å². The SMILES string of the molecule is O=C(Cn1nc(C2CC2)cc1C(F)F)Nc1cnn(Cc2cccc(Cl)c2)c1. The van der Waals surface area contributed by atoms with Gasteiger partial charge in [-0.25, -0.2) is 8.78 Å². The van der Waals surface area contributed by atoms with Crippen molar-refractivity contribution in [3.8, 4) is 0 Å². The fourth-order valence-corrected chi connectivity index (χ4v) is 3.22. The van der Waals surface area contributed by atoms with Crippen molar-refractivity contribution in [3.63, 3.8) is 0 Å². The van der Waals surface area contributed by atoms with E-state index in [0.717, 1.165) is 23.1 Å². The molecule has 1 amide bonds. The van der Waals surface area contributed by atoms with Gasteiger partial charge in [0, 0.05) is 17.1 Å². The lowest BCUT2D eigenvalue weighted by Crippen LogP contribution is -2.21. The van der Waals surface area contributed by atoms with Crippen LogP contribution in [0.2, 0.25) is 5.02 Å². The van der Waals surface area contributed by atoms with Crippen LogP contribution >= 0.6 is 11.6 Å². The number of aromatic nitrogens is 4. The third-order valence-electron chi connectivity index (χ3n) is 4.49. The lowest BCUT2D eigenvalue weighted by molar-refractivity contribution is -0.117. The molecule has 0 aliphatic heterocycles. The Hall–Kier alpha value is -2.74. The quantitative estimate of drug-likeness (QED) is 0.639. The number of nitrogens with one attached hydrogen (secondary N) is 1. The van der Waals surface area contributed by atoms with Gasteiger partial charge in [-0.2, -0.15) is 10.2 Å². The summed E-state index contributed by atoms with van der Waals surface area (Å²) in [5.41, 5.74) is 1.87. The molecule has 28 heavy (non-hydrogen) atoms. The molecule has 4 rings (SSSR count). The highest BCUT2D eigenvalue weighted by molar-refractivity contribution is 6.30. The highest BCUT2D eigenvalue weighted by atomic mass is 35.5. The average Bonchev–Trinajstić information content (AvgIpc) is 3.26. The number of benzene rings is 1. The van der Waals surface area contributed by atoms with Gasteiger partial charge in [-0.15, -0.1) is 0 Å². The van der Waals surface area contributed by atoms with Crippen molar-refractivity contribution in [3.05, 3.63) is 64.7 Å². The van der Waals surface area contributed by atoms with E-state index in [1.165, 1.54) is 12.3 Å². The zero-order valence-corrected chi connectivity index (χ0v) is 15.6. The van der Waals surface area contributed by atoms with Crippen molar-refractivity contribution in [2.24, 2.45) is 0 Å². The highest BCUT2D eigenvalue weighted by Gasteiger charge is 2.29. The number of anilines is 1. The Labute approximate surface area is 165 Å². The molecule has 0 radical (unpaired) electrons. The number of hydrogen-bond acceptors (Lipinski definition) is 3. The Morgan fingerprint density at radius 2 is 2.14 bits per heavy atom. The smallest absolute Gasteiger partial charge is 0.280 e. The summed E-state index contributed by atoms with van der Waals surface area (Å²) in [5.74, 6) is -0.193.